The van der Waals surface area contributed by atoms with Crippen molar-refractivity contribution in [1.82, 2.24) is 0 Å². The number of aliphatic hydroxyl groups excluding tert-OH is 2. The highest BCUT2D eigenvalue weighted by molar-refractivity contribution is 6.90. The van der Waals surface area contributed by atoms with E-state index >= 15 is 0 Å². The molecule has 4 heteroatoms. The first-order chi connectivity index (χ1) is 9.99. The van der Waals surface area contributed by atoms with Gasteiger partial charge < -0.3 is 15.9 Å². The number of rotatable bonds is 10. The van der Waals surface area contributed by atoms with Gasteiger partial charge in [-0.15, -0.1) is 0 Å². The molecule has 0 fully saturated rings. The molecular formula is C17H31NO2Si. The zero-order valence-electron chi connectivity index (χ0n) is 13.5. The van der Waals surface area contributed by atoms with Gasteiger partial charge in [-0.05, 0) is 6.42 Å². The van der Waals surface area contributed by atoms with Crippen LogP contribution < -0.4 is 10.9 Å². The smallest absolute Gasteiger partial charge is 0.0836 e. The fraction of sp³-hybridized carbons (Fsp3) is 0.647. The second-order valence-corrected chi connectivity index (χ2v) is 11.3. The molecule has 3 nitrogen and oxygen atoms in total. The van der Waals surface area contributed by atoms with Crippen LogP contribution in [-0.2, 0) is 0 Å². The van der Waals surface area contributed by atoms with Gasteiger partial charge in [0.05, 0.1) is 26.8 Å². The third-order valence-corrected chi connectivity index (χ3v) is 9.23. The number of hydrogen-bond acceptors (Lipinski definition) is 3. The standard InChI is InChI=1S/C17H31NO2Si/c1-3-4-12-21(2,16-9-6-5-7-10-16)13-8-11-17(18,14-19)15-20/h5-7,9-10,19-20H,3-4,8,11-15,18H2,1-2H3. The van der Waals surface area contributed by atoms with Crippen molar-refractivity contribution in [2.45, 2.75) is 56.8 Å². The lowest BCUT2D eigenvalue weighted by molar-refractivity contribution is 0.114. The van der Waals surface area contributed by atoms with E-state index in [0.717, 1.165) is 12.5 Å². The summed E-state index contributed by atoms with van der Waals surface area (Å²) in [6.45, 7) is 4.39. The van der Waals surface area contributed by atoms with E-state index in [2.05, 4.69) is 43.8 Å². The molecule has 0 amide bonds. The number of aliphatic hydroxyl groups is 2. The van der Waals surface area contributed by atoms with Crippen molar-refractivity contribution < 1.29 is 10.2 Å². The SMILES string of the molecule is CCCC[Si](C)(CCCC(N)(CO)CO)c1ccccc1. The summed E-state index contributed by atoms with van der Waals surface area (Å²) in [5.74, 6) is 0. The number of nitrogens with two attached hydrogens (primary N) is 1. The monoisotopic (exact) mass is 309 g/mol. The van der Waals surface area contributed by atoms with Gasteiger partial charge in [-0.1, -0.05) is 80.3 Å². The highest BCUT2D eigenvalue weighted by Gasteiger charge is 2.30. The van der Waals surface area contributed by atoms with E-state index in [9.17, 15) is 10.2 Å². The van der Waals surface area contributed by atoms with E-state index < -0.39 is 13.6 Å². The van der Waals surface area contributed by atoms with Crippen molar-refractivity contribution in [3.63, 3.8) is 0 Å². The van der Waals surface area contributed by atoms with Crippen LogP contribution in [0, 0.1) is 0 Å². The second-order valence-electron chi connectivity index (χ2n) is 6.56. The Morgan fingerprint density at radius 3 is 2.14 bits per heavy atom. The predicted octanol–water partition coefficient (Wildman–Crippen LogP) is 2.23. The van der Waals surface area contributed by atoms with Gasteiger partial charge in [0.25, 0.3) is 0 Å². The lowest BCUT2D eigenvalue weighted by atomic mass is 9.97. The quantitative estimate of drug-likeness (QED) is 0.581. The minimum atomic E-state index is -1.49. The van der Waals surface area contributed by atoms with Crippen LogP contribution >= 0.6 is 0 Å². The van der Waals surface area contributed by atoms with Crippen LogP contribution in [0.2, 0.25) is 18.6 Å². The summed E-state index contributed by atoms with van der Waals surface area (Å²) in [6.07, 6.45) is 4.15. The molecule has 1 rings (SSSR count). The van der Waals surface area contributed by atoms with Crippen LogP contribution in [0.3, 0.4) is 0 Å². The number of benzene rings is 1. The summed E-state index contributed by atoms with van der Waals surface area (Å²) in [7, 11) is -1.49. The van der Waals surface area contributed by atoms with E-state index in [-0.39, 0.29) is 13.2 Å². The molecule has 0 radical (unpaired) electrons. The van der Waals surface area contributed by atoms with Crippen LogP contribution in [-0.4, -0.2) is 37.0 Å². The summed E-state index contributed by atoms with van der Waals surface area (Å²) in [6, 6.07) is 13.3. The average molecular weight is 310 g/mol. The Morgan fingerprint density at radius 2 is 1.62 bits per heavy atom. The van der Waals surface area contributed by atoms with Gasteiger partial charge >= 0.3 is 0 Å². The van der Waals surface area contributed by atoms with Crippen LogP contribution in [0.1, 0.15) is 32.6 Å². The molecule has 21 heavy (non-hydrogen) atoms. The minimum Gasteiger partial charge on any atom is -0.394 e. The van der Waals surface area contributed by atoms with Gasteiger partial charge in [-0.3, -0.25) is 0 Å². The van der Waals surface area contributed by atoms with Gasteiger partial charge in [-0.2, -0.15) is 0 Å². The first-order valence-corrected chi connectivity index (χ1v) is 11.0. The summed E-state index contributed by atoms with van der Waals surface area (Å²) >= 11 is 0. The lowest BCUT2D eigenvalue weighted by Crippen LogP contribution is -2.48. The number of unbranched alkanes of at least 4 members (excludes halogenated alkanes) is 1. The highest BCUT2D eigenvalue weighted by Crippen LogP contribution is 2.23. The molecule has 0 aliphatic rings. The zero-order valence-corrected chi connectivity index (χ0v) is 14.5. The summed E-state index contributed by atoms with van der Waals surface area (Å²) in [5.41, 5.74) is 5.16. The molecule has 0 aliphatic carbocycles. The maximum Gasteiger partial charge on any atom is 0.0836 e. The van der Waals surface area contributed by atoms with Gasteiger partial charge in [0, 0.05) is 0 Å². The molecule has 0 aromatic heterocycles. The Hall–Kier alpha value is -0.683. The summed E-state index contributed by atoms with van der Waals surface area (Å²) < 4.78 is 0. The third kappa shape index (κ3) is 5.55. The largest absolute Gasteiger partial charge is 0.394 e. The average Bonchev–Trinajstić information content (AvgIpc) is 2.53. The maximum atomic E-state index is 9.30. The van der Waals surface area contributed by atoms with Gasteiger partial charge in [-0.25, -0.2) is 0 Å². The van der Waals surface area contributed by atoms with Crippen molar-refractivity contribution in [2.75, 3.05) is 13.2 Å². The maximum absolute atomic E-state index is 9.30. The summed E-state index contributed by atoms with van der Waals surface area (Å²) in [4.78, 5) is 0. The third-order valence-electron chi connectivity index (χ3n) is 4.59. The molecule has 4 N–H and O–H groups in total. The minimum absolute atomic E-state index is 0.151. The molecule has 1 atom stereocenters. The van der Waals surface area contributed by atoms with E-state index in [4.69, 9.17) is 5.73 Å². The second kappa shape index (κ2) is 8.69. The molecular weight excluding hydrogens is 278 g/mol. The van der Waals surface area contributed by atoms with Gasteiger partial charge in [0.1, 0.15) is 0 Å². The Kier molecular flexibility index (Phi) is 7.60. The zero-order chi connectivity index (χ0) is 15.8. The van der Waals surface area contributed by atoms with Gasteiger partial charge in [0.2, 0.25) is 0 Å². The van der Waals surface area contributed by atoms with Crippen molar-refractivity contribution in [3.8, 4) is 0 Å². The van der Waals surface area contributed by atoms with E-state index in [0.29, 0.717) is 6.42 Å². The highest BCUT2D eigenvalue weighted by atomic mass is 28.3. The molecule has 0 heterocycles. The van der Waals surface area contributed by atoms with Crippen LogP contribution in [0.4, 0.5) is 0 Å². The Labute approximate surface area is 130 Å². The van der Waals surface area contributed by atoms with Crippen molar-refractivity contribution >= 4 is 13.3 Å². The van der Waals surface area contributed by atoms with Gasteiger partial charge in [0.15, 0.2) is 0 Å². The molecule has 1 unspecified atom stereocenters. The molecule has 0 saturated heterocycles. The fourth-order valence-corrected chi connectivity index (χ4v) is 6.78. The van der Waals surface area contributed by atoms with E-state index in [1.807, 2.05) is 0 Å². The molecule has 0 bridgehead atoms. The predicted molar refractivity (Wildman–Crippen MR) is 92.5 cm³/mol. The van der Waals surface area contributed by atoms with E-state index in [1.165, 1.54) is 24.1 Å². The topological polar surface area (TPSA) is 66.5 Å². The van der Waals surface area contributed by atoms with Crippen LogP contribution in [0.25, 0.3) is 0 Å². The first kappa shape index (κ1) is 18.4. The molecule has 1 aromatic carbocycles. The molecule has 0 saturated carbocycles. The van der Waals surface area contributed by atoms with Crippen molar-refractivity contribution in [1.29, 1.82) is 0 Å². The summed E-state index contributed by atoms with van der Waals surface area (Å²) in [5, 5.41) is 20.1. The Bertz CT molecular complexity index is 395. The first-order valence-electron chi connectivity index (χ1n) is 8.06. The van der Waals surface area contributed by atoms with E-state index in [1.54, 1.807) is 0 Å². The number of hydrogen-bond donors (Lipinski definition) is 3. The Balaban J connectivity index is 2.71. The Morgan fingerprint density at radius 1 is 1.05 bits per heavy atom. The molecule has 120 valence electrons. The lowest BCUT2D eigenvalue weighted by Gasteiger charge is -2.31. The molecule has 0 aliphatic heterocycles. The fourth-order valence-electron chi connectivity index (χ4n) is 2.86. The van der Waals surface area contributed by atoms with Crippen LogP contribution in [0.5, 0.6) is 0 Å². The molecule has 0 spiro atoms. The van der Waals surface area contributed by atoms with Crippen molar-refractivity contribution in [2.24, 2.45) is 5.73 Å². The normalized spacial score (nSPS) is 14.9. The van der Waals surface area contributed by atoms with Crippen molar-refractivity contribution in [3.05, 3.63) is 30.3 Å². The van der Waals surface area contributed by atoms with Crippen LogP contribution in [0.15, 0.2) is 30.3 Å². The molecule has 1 aromatic rings.